The van der Waals surface area contributed by atoms with E-state index in [0.29, 0.717) is 12.6 Å². The van der Waals surface area contributed by atoms with Gasteiger partial charge < -0.3 is 4.98 Å². The van der Waals surface area contributed by atoms with E-state index in [1.165, 1.54) is 35.3 Å². The van der Waals surface area contributed by atoms with Crippen LogP contribution in [0.25, 0.3) is 10.2 Å². The van der Waals surface area contributed by atoms with Crippen LogP contribution in [-0.4, -0.2) is 20.9 Å². The van der Waals surface area contributed by atoms with Gasteiger partial charge in [0.05, 0.1) is 11.9 Å². The van der Waals surface area contributed by atoms with Gasteiger partial charge in [0.1, 0.15) is 10.7 Å². The number of aromatic nitrogens is 2. The van der Waals surface area contributed by atoms with Crippen LogP contribution in [0.5, 0.6) is 0 Å². The van der Waals surface area contributed by atoms with Crippen molar-refractivity contribution in [1.82, 2.24) is 14.9 Å². The Hall–Kier alpha value is -1.98. The monoisotopic (exact) mass is 379 g/mol. The molecule has 1 unspecified atom stereocenters. The Bertz CT molecular complexity index is 1020. The van der Waals surface area contributed by atoms with Crippen LogP contribution in [0.15, 0.2) is 35.1 Å². The molecule has 2 heterocycles. The van der Waals surface area contributed by atoms with Crippen molar-refractivity contribution in [2.24, 2.45) is 5.92 Å². The Balaban J connectivity index is 1.46. The van der Waals surface area contributed by atoms with Crippen molar-refractivity contribution in [1.29, 1.82) is 0 Å². The maximum Gasteiger partial charge on any atom is 0.259 e. The fourth-order valence-corrected chi connectivity index (χ4v) is 5.63. The number of benzene rings is 1. The highest BCUT2D eigenvalue weighted by molar-refractivity contribution is 7.18. The lowest BCUT2D eigenvalue weighted by Gasteiger charge is -2.28. The predicted octanol–water partition coefficient (Wildman–Crippen LogP) is 4.27. The Labute approximate surface area is 163 Å². The number of aromatic amines is 1. The van der Waals surface area contributed by atoms with Crippen LogP contribution in [0, 0.1) is 5.92 Å². The SMILES string of the molecule is CC(C1CC1)N(Cc1ccccc1)Cc1nc2sc3c(c2c(=O)[nH]1)CCC3. The zero-order chi connectivity index (χ0) is 18.4. The molecule has 2 aliphatic carbocycles. The number of nitrogens with zero attached hydrogens (tertiary/aromatic N) is 2. The minimum absolute atomic E-state index is 0.0492. The second-order valence-electron chi connectivity index (χ2n) is 8.02. The van der Waals surface area contributed by atoms with E-state index >= 15 is 0 Å². The fraction of sp³-hybridized carbons (Fsp3) is 0.455. The summed E-state index contributed by atoms with van der Waals surface area (Å²) < 4.78 is 0. The molecule has 1 N–H and O–H groups in total. The highest BCUT2D eigenvalue weighted by Crippen LogP contribution is 2.37. The standard InChI is InChI=1S/C22H25N3OS/c1-14(16-10-11-16)25(12-15-6-3-2-4-7-15)13-19-23-21(26)20-17-8-5-9-18(17)27-22(20)24-19/h2-4,6-7,14,16H,5,8-13H2,1H3,(H,23,24,26). The van der Waals surface area contributed by atoms with E-state index in [9.17, 15) is 4.79 Å². The van der Waals surface area contributed by atoms with Crippen LogP contribution in [0.2, 0.25) is 0 Å². The van der Waals surface area contributed by atoms with Crippen LogP contribution < -0.4 is 5.56 Å². The normalized spacial score (nSPS) is 17.6. The third-order valence-electron chi connectivity index (χ3n) is 6.09. The quantitative estimate of drug-likeness (QED) is 0.696. The molecule has 1 atom stereocenters. The molecular weight excluding hydrogens is 354 g/mol. The number of fused-ring (bicyclic) bond motifs is 3. The van der Waals surface area contributed by atoms with Crippen LogP contribution in [0.3, 0.4) is 0 Å². The van der Waals surface area contributed by atoms with Crippen molar-refractivity contribution in [2.75, 3.05) is 0 Å². The molecule has 27 heavy (non-hydrogen) atoms. The van der Waals surface area contributed by atoms with Gasteiger partial charge in [0.2, 0.25) is 0 Å². The van der Waals surface area contributed by atoms with Crippen molar-refractivity contribution < 1.29 is 0 Å². The van der Waals surface area contributed by atoms with Crippen molar-refractivity contribution in [3.8, 4) is 0 Å². The van der Waals surface area contributed by atoms with Gasteiger partial charge in [-0.2, -0.15) is 0 Å². The van der Waals surface area contributed by atoms with Gasteiger partial charge in [-0.05, 0) is 56.1 Å². The predicted molar refractivity (Wildman–Crippen MR) is 110 cm³/mol. The lowest BCUT2D eigenvalue weighted by Crippen LogP contribution is -2.34. The first-order chi connectivity index (χ1) is 13.2. The Kier molecular flexibility index (Phi) is 4.37. The molecule has 0 spiro atoms. The van der Waals surface area contributed by atoms with Gasteiger partial charge in [-0.25, -0.2) is 4.98 Å². The third-order valence-corrected chi connectivity index (χ3v) is 7.27. The molecule has 1 saturated carbocycles. The number of rotatable bonds is 6. The molecule has 0 amide bonds. The van der Waals surface area contributed by atoms with Gasteiger partial charge in [0.15, 0.2) is 0 Å². The molecule has 4 nitrogen and oxygen atoms in total. The smallest absolute Gasteiger partial charge is 0.259 e. The number of H-pyrrole nitrogens is 1. The van der Waals surface area contributed by atoms with Crippen molar-refractivity contribution in [2.45, 2.75) is 58.2 Å². The summed E-state index contributed by atoms with van der Waals surface area (Å²) in [5.41, 5.74) is 2.61. The van der Waals surface area contributed by atoms with Gasteiger partial charge in [0, 0.05) is 17.5 Å². The summed E-state index contributed by atoms with van der Waals surface area (Å²) in [4.78, 5) is 25.5. The first kappa shape index (κ1) is 17.1. The molecule has 1 fully saturated rings. The number of nitrogens with one attached hydrogen (secondary N) is 1. The molecule has 2 aliphatic rings. The lowest BCUT2D eigenvalue weighted by atomic mass is 10.1. The number of aryl methyl sites for hydroxylation is 2. The van der Waals surface area contributed by atoms with Crippen molar-refractivity contribution in [3.05, 3.63) is 62.5 Å². The number of hydrogen-bond acceptors (Lipinski definition) is 4. The molecule has 0 bridgehead atoms. The lowest BCUT2D eigenvalue weighted by molar-refractivity contribution is 0.167. The van der Waals surface area contributed by atoms with E-state index in [0.717, 1.165) is 41.3 Å². The molecule has 0 saturated heterocycles. The average Bonchev–Trinajstić information content (AvgIpc) is 3.31. The van der Waals surface area contributed by atoms with E-state index in [1.807, 2.05) is 0 Å². The van der Waals surface area contributed by atoms with E-state index < -0.39 is 0 Å². The highest BCUT2D eigenvalue weighted by Gasteiger charge is 2.32. The summed E-state index contributed by atoms with van der Waals surface area (Å²) in [6.07, 6.45) is 5.92. The summed E-state index contributed by atoms with van der Waals surface area (Å²) in [6, 6.07) is 11.1. The van der Waals surface area contributed by atoms with Gasteiger partial charge in [-0.15, -0.1) is 11.3 Å². The molecule has 0 radical (unpaired) electrons. The van der Waals surface area contributed by atoms with E-state index in [-0.39, 0.29) is 5.56 Å². The van der Waals surface area contributed by atoms with Crippen molar-refractivity contribution >= 4 is 21.6 Å². The molecule has 5 rings (SSSR count). The second kappa shape index (κ2) is 6.88. The first-order valence-electron chi connectivity index (χ1n) is 10.0. The largest absolute Gasteiger partial charge is 0.309 e. The Morgan fingerprint density at radius 2 is 2.04 bits per heavy atom. The van der Waals surface area contributed by atoms with E-state index in [1.54, 1.807) is 11.3 Å². The number of thiophene rings is 1. The summed E-state index contributed by atoms with van der Waals surface area (Å²) in [5, 5.41) is 0.848. The summed E-state index contributed by atoms with van der Waals surface area (Å²) in [6.45, 7) is 3.90. The van der Waals surface area contributed by atoms with Crippen LogP contribution in [0.1, 0.15) is 48.0 Å². The zero-order valence-electron chi connectivity index (χ0n) is 15.7. The summed E-state index contributed by atoms with van der Waals surface area (Å²) >= 11 is 1.72. The molecule has 140 valence electrons. The average molecular weight is 380 g/mol. The van der Waals surface area contributed by atoms with E-state index in [2.05, 4.69) is 47.1 Å². The van der Waals surface area contributed by atoms with Crippen molar-refractivity contribution in [3.63, 3.8) is 0 Å². The summed E-state index contributed by atoms with van der Waals surface area (Å²) in [7, 11) is 0. The van der Waals surface area contributed by atoms with Gasteiger partial charge in [-0.3, -0.25) is 9.69 Å². The number of hydrogen-bond donors (Lipinski definition) is 1. The van der Waals surface area contributed by atoms with Crippen LogP contribution in [0.4, 0.5) is 0 Å². The summed E-state index contributed by atoms with van der Waals surface area (Å²) in [5.74, 6) is 1.57. The molecule has 0 aliphatic heterocycles. The fourth-order valence-electron chi connectivity index (χ4n) is 4.35. The highest BCUT2D eigenvalue weighted by atomic mass is 32.1. The Morgan fingerprint density at radius 1 is 1.22 bits per heavy atom. The maximum atomic E-state index is 12.8. The first-order valence-corrected chi connectivity index (χ1v) is 10.8. The molecular formula is C22H25N3OS. The van der Waals surface area contributed by atoms with Gasteiger partial charge >= 0.3 is 0 Å². The zero-order valence-corrected chi connectivity index (χ0v) is 16.5. The minimum atomic E-state index is 0.0492. The van der Waals surface area contributed by atoms with Gasteiger partial charge in [0.25, 0.3) is 5.56 Å². The van der Waals surface area contributed by atoms with Crippen LogP contribution in [-0.2, 0) is 25.9 Å². The molecule has 1 aromatic carbocycles. The molecule has 2 aromatic heterocycles. The topological polar surface area (TPSA) is 49.0 Å². The van der Waals surface area contributed by atoms with Crippen LogP contribution >= 0.6 is 11.3 Å². The van der Waals surface area contributed by atoms with E-state index in [4.69, 9.17) is 4.98 Å². The molecule has 5 heteroatoms. The molecule has 3 aromatic rings. The third kappa shape index (κ3) is 3.34. The minimum Gasteiger partial charge on any atom is -0.309 e. The maximum absolute atomic E-state index is 12.8. The Morgan fingerprint density at radius 3 is 2.81 bits per heavy atom. The van der Waals surface area contributed by atoms with Gasteiger partial charge in [-0.1, -0.05) is 30.3 Å². The second-order valence-corrected chi connectivity index (χ2v) is 9.10.